The van der Waals surface area contributed by atoms with Crippen LogP contribution in [0.5, 0.6) is 0 Å². The van der Waals surface area contributed by atoms with Crippen LogP contribution in [0.25, 0.3) is 0 Å². The summed E-state index contributed by atoms with van der Waals surface area (Å²) in [4.78, 5) is 55.9. The highest BCUT2D eigenvalue weighted by Crippen LogP contribution is 2.20. The Bertz CT molecular complexity index is 765. The summed E-state index contributed by atoms with van der Waals surface area (Å²) in [5.41, 5.74) is 22.2. The zero-order chi connectivity index (χ0) is 27.1. The first kappa shape index (κ1) is 31.4. The number of carbonyl (C=O) groups excluding carboxylic acids is 3. The number of nitrogens with one attached hydrogen (secondary N) is 2. The number of nitrogens with two attached hydrogens (primary N) is 4. The predicted molar refractivity (Wildman–Crippen MR) is 140 cm³/mol. The lowest BCUT2D eigenvalue weighted by molar-refractivity contribution is -0.145. The van der Waals surface area contributed by atoms with Crippen LogP contribution in [0, 0.1) is 0 Å². The molecule has 14 heteroatoms. The molecule has 0 saturated carbocycles. The fourth-order valence-corrected chi connectivity index (χ4v) is 4.42. The summed E-state index contributed by atoms with van der Waals surface area (Å²) in [5, 5.41) is 14.7. The molecule has 1 rings (SSSR count). The van der Waals surface area contributed by atoms with E-state index in [2.05, 4.69) is 15.6 Å². The number of carbonyl (C=O) groups is 4. The number of carboxylic acids is 1. The maximum absolute atomic E-state index is 13.4. The number of hydrogen-bond donors (Lipinski definition) is 7. The molecule has 1 fully saturated rings. The molecule has 0 spiro atoms. The quantitative estimate of drug-likeness (QED) is 0.0639. The Hall–Kier alpha value is -2.58. The van der Waals surface area contributed by atoms with E-state index < -0.39 is 42.0 Å². The fourth-order valence-electron chi connectivity index (χ4n) is 3.94. The Balaban J connectivity index is 2.86. The van der Waals surface area contributed by atoms with Crippen LogP contribution in [0.3, 0.4) is 0 Å². The molecule has 206 valence electrons. The molecule has 1 aliphatic rings. The average Bonchev–Trinajstić information content (AvgIpc) is 3.33. The van der Waals surface area contributed by atoms with Crippen molar-refractivity contribution in [2.24, 2.45) is 27.9 Å². The minimum Gasteiger partial charge on any atom is -0.480 e. The van der Waals surface area contributed by atoms with Crippen molar-refractivity contribution in [2.75, 3.05) is 31.6 Å². The van der Waals surface area contributed by atoms with Crippen molar-refractivity contribution in [1.29, 1.82) is 0 Å². The molecule has 0 bridgehead atoms. The molecular formula is C22H42N8O5S. The van der Waals surface area contributed by atoms with Gasteiger partial charge in [-0.1, -0.05) is 0 Å². The van der Waals surface area contributed by atoms with Gasteiger partial charge in [-0.05, 0) is 69.9 Å². The molecule has 3 amide bonds. The van der Waals surface area contributed by atoms with Crippen molar-refractivity contribution in [3.8, 4) is 0 Å². The summed E-state index contributed by atoms with van der Waals surface area (Å²) in [6, 6.07) is -3.54. The number of carboxylic acid groups (broad SMARTS) is 1. The molecule has 0 aliphatic carbocycles. The average molecular weight is 531 g/mol. The van der Waals surface area contributed by atoms with Crippen LogP contribution in [0.4, 0.5) is 0 Å². The van der Waals surface area contributed by atoms with Crippen LogP contribution in [0.2, 0.25) is 0 Å². The van der Waals surface area contributed by atoms with Gasteiger partial charge >= 0.3 is 5.97 Å². The van der Waals surface area contributed by atoms with E-state index in [1.807, 2.05) is 6.26 Å². The van der Waals surface area contributed by atoms with E-state index in [1.54, 1.807) is 0 Å². The first-order valence-corrected chi connectivity index (χ1v) is 13.7. The predicted octanol–water partition coefficient (Wildman–Crippen LogP) is -1.71. The second kappa shape index (κ2) is 17.0. The highest BCUT2D eigenvalue weighted by atomic mass is 32.2. The van der Waals surface area contributed by atoms with Gasteiger partial charge in [0, 0.05) is 13.1 Å². The lowest BCUT2D eigenvalue weighted by Crippen LogP contribution is -2.56. The Kier molecular flexibility index (Phi) is 14.8. The first-order valence-electron chi connectivity index (χ1n) is 12.3. The number of thioether (sulfide) groups is 1. The van der Waals surface area contributed by atoms with Crippen LogP contribution in [0.1, 0.15) is 51.4 Å². The monoisotopic (exact) mass is 530 g/mol. The number of likely N-dealkylation sites (tertiary alicyclic amines) is 1. The summed E-state index contributed by atoms with van der Waals surface area (Å²) >= 11 is 1.48. The number of nitrogens with zero attached hydrogens (tertiary/aromatic N) is 2. The molecule has 4 atom stereocenters. The lowest BCUT2D eigenvalue weighted by atomic mass is 10.1. The second-order valence-electron chi connectivity index (χ2n) is 8.77. The third-order valence-electron chi connectivity index (χ3n) is 5.93. The van der Waals surface area contributed by atoms with E-state index in [9.17, 15) is 24.3 Å². The maximum atomic E-state index is 13.4. The highest BCUT2D eigenvalue weighted by molar-refractivity contribution is 7.98. The molecule has 0 radical (unpaired) electrons. The highest BCUT2D eigenvalue weighted by Gasteiger charge is 2.38. The Labute approximate surface area is 216 Å². The molecule has 0 aromatic heterocycles. The summed E-state index contributed by atoms with van der Waals surface area (Å²) in [7, 11) is 0. The van der Waals surface area contributed by atoms with E-state index in [0.29, 0.717) is 70.3 Å². The number of unbranched alkanes of at least 4 members (excludes halogenated alkanes) is 1. The number of hydrogen-bond acceptors (Lipinski definition) is 8. The summed E-state index contributed by atoms with van der Waals surface area (Å²) in [5.74, 6) is -1.95. The zero-order valence-electron chi connectivity index (χ0n) is 21.0. The van der Waals surface area contributed by atoms with Gasteiger partial charge in [-0.2, -0.15) is 11.8 Å². The van der Waals surface area contributed by atoms with Gasteiger partial charge in [0.1, 0.15) is 18.1 Å². The smallest absolute Gasteiger partial charge is 0.326 e. The van der Waals surface area contributed by atoms with E-state index in [-0.39, 0.29) is 18.3 Å². The molecule has 36 heavy (non-hydrogen) atoms. The van der Waals surface area contributed by atoms with Gasteiger partial charge < -0.3 is 43.6 Å². The molecular weight excluding hydrogens is 488 g/mol. The number of guanidine groups is 1. The second-order valence-corrected chi connectivity index (χ2v) is 9.76. The topological polar surface area (TPSA) is 232 Å². The number of aliphatic imine (C=N–C) groups is 1. The van der Waals surface area contributed by atoms with Crippen molar-refractivity contribution < 1.29 is 24.3 Å². The van der Waals surface area contributed by atoms with Crippen LogP contribution in [-0.2, 0) is 19.2 Å². The first-order chi connectivity index (χ1) is 17.1. The molecule has 11 N–H and O–H groups in total. The van der Waals surface area contributed by atoms with Gasteiger partial charge in [0.05, 0.1) is 6.04 Å². The molecule has 1 aliphatic heterocycles. The minimum absolute atomic E-state index is 0.0401. The van der Waals surface area contributed by atoms with E-state index in [1.165, 1.54) is 16.7 Å². The fraction of sp³-hybridized carbons (Fsp3) is 0.773. The van der Waals surface area contributed by atoms with Gasteiger partial charge in [0.2, 0.25) is 17.7 Å². The molecule has 0 aromatic rings. The largest absolute Gasteiger partial charge is 0.480 e. The van der Waals surface area contributed by atoms with Crippen molar-refractivity contribution >= 4 is 41.4 Å². The maximum Gasteiger partial charge on any atom is 0.326 e. The summed E-state index contributed by atoms with van der Waals surface area (Å²) in [6.07, 6.45) is 5.59. The van der Waals surface area contributed by atoms with E-state index in [4.69, 9.17) is 22.9 Å². The van der Waals surface area contributed by atoms with Crippen molar-refractivity contribution in [1.82, 2.24) is 15.5 Å². The van der Waals surface area contributed by atoms with Crippen molar-refractivity contribution in [2.45, 2.75) is 75.5 Å². The Morgan fingerprint density at radius 1 is 1.08 bits per heavy atom. The van der Waals surface area contributed by atoms with Gasteiger partial charge in [-0.15, -0.1) is 0 Å². The number of aliphatic carboxylic acids is 1. The molecule has 0 aromatic carbocycles. The van der Waals surface area contributed by atoms with Gasteiger partial charge in [0.15, 0.2) is 5.96 Å². The number of rotatable bonds is 17. The van der Waals surface area contributed by atoms with Gasteiger partial charge in [-0.3, -0.25) is 19.4 Å². The van der Waals surface area contributed by atoms with Crippen LogP contribution < -0.4 is 33.6 Å². The normalized spacial score (nSPS) is 17.6. The standard InChI is InChI=1S/C22H42N8O5S/c1-36-13-9-16(21(34)35)29-19(32)17-8-5-12-30(17)20(33)15(7-2-3-10-23)28-18(31)14(24)6-4-11-27-22(25)26/h14-17H,2-13,23-24H2,1H3,(H,28,31)(H,29,32)(H,34,35)(H4,25,26,27). The van der Waals surface area contributed by atoms with Gasteiger partial charge in [0.25, 0.3) is 0 Å². The number of amides is 3. The van der Waals surface area contributed by atoms with Gasteiger partial charge in [-0.25, -0.2) is 4.79 Å². The Morgan fingerprint density at radius 3 is 2.42 bits per heavy atom. The zero-order valence-corrected chi connectivity index (χ0v) is 21.8. The summed E-state index contributed by atoms with van der Waals surface area (Å²) in [6.45, 7) is 1.12. The van der Waals surface area contributed by atoms with Crippen LogP contribution in [-0.4, -0.2) is 95.5 Å². The molecule has 1 saturated heterocycles. The van der Waals surface area contributed by atoms with Crippen LogP contribution in [0.15, 0.2) is 4.99 Å². The van der Waals surface area contributed by atoms with Crippen molar-refractivity contribution in [3.63, 3.8) is 0 Å². The van der Waals surface area contributed by atoms with Crippen molar-refractivity contribution in [3.05, 3.63) is 0 Å². The SMILES string of the molecule is CSCCC(NC(=O)C1CCCN1C(=O)C(CCCCN)NC(=O)C(N)CCCN=C(N)N)C(=O)O. The molecule has 1 heterocycles. The third kappa shape index (κ3) is 11.0. The lowest BCUT2D eigenvalue weighted by Gasteiger charge is -2.30. The van der Waals surface area contributed by atoms with E-state index >= 15 is 0 Å². The Morgan fingerprint density at radius 2 is 1.81 bits per heavy atom. The minimum atomic E-state index is -1.12. The third-order valence-corrected chi connectivity index (χ3v) is 6.57. The summed E-state index contributed by atoms with van der Waals surface area (Å²) < 4.78 is 0. The molecule has 13 nitrogen and oxygen atoms in total. The molecule has 4 unspecified atom stereocenters. The van der Waals surface area contributed by atoms with Crippen LogP contribution >= 0.6 is 11.8 Å². The van der Waals surface area contributed by atoms with E-state index in [0.717, 1.165) is 0 Å².